The summed E-state index contributed by atoms with van der Waals surface area (Å²) in [6, 6.07) is 8.33. The van der Waals surface area contributed by atoms with Gasteiger partial charge in [0.15, 0.2) is 0 Å². The fourth-order valence-electron chi connectivity index (χ4n) is 1.99. The molecule has 0 spiro atoms. The lowest BCUT2D eigenvalue weighted by atomic mass is 10.2. The van der Waals surface area contributed by atoms with E-state index in [1.54, 1.807) is 0 Å². The largest absolute Gasteiger partial charge is 0.520 e. The molecule has 0 bridgehead atoms. The molecule has 0 aromatic heterocycles. The highest BCUT2D eigenvalue weighted by molar-refractivity contribution is 6.65. The van der Waals surface area contributed by atoms with Crippen LogP contribution in [-0.2, 0) is 10.8 Å². The summed E-state index contributed by atoms with van der Waals surface area (Å²) in [4.78, 5) is 0. The Kier molecular flexibility index (Phi) is 7.17. The number of rotatable bonds is 9. The molecule has 1 rings (SSSR count). The van der Waals surface area contributed by atoms with Crippen LogP contribution in [0.3, 0.4) is 0 Å². The number of benzene rings is 1. The first kappa shape index (κ1) is 16.3. The molecule has 0 saturated carbocycles. The van der Waals surface area contributed by atoms with E-state index in [1.165, 1.54) is 24.8 Å². The zero-order valence-electron chi connectivity index (χ0n) is 12.9. The smallest absolute Gasteiger partial charge is 0.392 e. The molecule has 0 atom stereocenters. The molecule has 0 N–H and O–H groups in total. The molecule has 0 heterocycles. The molecule has 0 fully saturated rings. The highest BCUT2D eigenvalue weighted by Gasteiger charge is 2.26. The molecule has 0 unspecified atom stereocenters. The number of unbranched alkanes of at least 4 members (excludes halogenated alkanes) is 3. The van der Waals surface area contributed by atoms with Gasteiger partial charge in [-0.2, -0.15) is 0 Å². The van der Waals surface area contributed by atoms with Crippen molar-refractivity contribution in [3.05, 3.63) is 29.8 Å². The van der Waals surface area contributed by atoms with Crippen LogP contribution >= 0.6 is 0 Å². The summed E-state index contributed by atoms with van der Waals surface area (Å²) < 4.78 is 12.0. The molecule has 1 aromatic carbocycles. The van der Waals surface area contributed by atoms with Crippen molar-refractivity contribution >= 4 is 8.56 Å². The topological polar surface area (TPSA) is 18.5 Å². The van der Waals surface area contributed by atoms with Gasteiger partial charge >= 0.3 is 8.56 Å². The van der Waals surface area contributed by atoms with Gasteiger partial charge in [0.1, 0.15) is 5.75 Å². The third-order valence-electron chi connectivity index (χ3n) is 3.12. The Morgan fingerprint density at radius 2 is 1.84 bits per heavy atom. The van der Waals surface area contributed by atoms with E-state index in [4.69, 9.17) is 8.85 Å². The van der Waals surface area contributed by atoms with Crippen molar-refractivity contribution in [2.45, 2.75) is 59.0 Å². The summed E-state index contributed by atoms with van der Waals surface area (Å²) in [5.74, 6) is 0.949. The standard InChI is InChI=1S/C16H28O2Si/c1-5-7-8-9-13-17-19(3,4)18-16-12-10-11-15(6-2)14-16/h10-12,14H,5-9,13H2,1-4H3. The molecule has 2 nitrogen and oxygen atoms in total. The molecule has 0 aliphatic carbocycles. The van der Waals surface area contributed by atoms with Gasteiger partial charge in [0.2, 0.25) is 0 Å². The van der Waals surface area contributed by atoms with E-state index < -0.39 is 8.56 Å². The Balaban J connectivity index is 2.39. The van der Waals surface area contributed by atoms with E-state index in [9.17, 15) is 0 Å². The van der Waals surface area contributed by atoms with Crippen molar-refractivity contribution in [1.82, 2.24) is 0 Å². The highest BCUT2D eigenvalue weighted by Crippen LogP contribution is 2.19. The molecule has 0 aliphatic heterocycles. The third kappa shape index (κ3) is 6.78. The number of hydrogen-bond donors (Lipinski definition) is 0. The molecule has 108 valence electrons. The maximum Gasteiger partial charge on any atom is 0.392 e. The zero-order chi connectivity index (χ0) is 14.1. The quantitative estimate of drug-likeness (QED) is 0.472. The zero-order valence-corrected chi connectivity index (χ0v) is 13.9. The maximum absolute atomic E-state index is 6.07. The molecule has 19 heavy (non-hydrogen) atoms. The first-order valence-corrected chi connectivity index (χ1v) is 10.3. The van der Waals surface area contributed by atoms with Gasteiger partial charge in [-0.05, 0) is 43.6 Å². The van der Waals surface area contributed by atoms with Gasteiger partial charge in [0.05, 0.1) is 0 Å². The van der Waals surface area contributed by atoms with Crippen LogP contribution in [0.15, 0.2) is 24.3 Å². The Labute approximate surface area is 119 Å². The first-order chi connectivity index (χ1) is 9.07. The predicted octanol–water partition coefficient (Wildman–Crippen LogP) is 4.93. The summed E-state index contributed by atoms with van der Waals surface area (Å²) in [5, 5.41) is 0. The molecular weight excluding hydrogens is 252 g/mol. The van der Waals surface area contributed by atoms with Gasteiger partial charge in [0, 0.05) is 6.61 Å². The minimum atomic E-state index is -2.04. The second-order valence-corrected chi connectivity index (χ2v) is 8.70. The molecular formula is C16H28O2Si. The van der Waals surface area contributed by atoms with E-state index in [0.717, 1.165) is 25.2 Å². The van der Waals surface area contributed by atoms with E-state index in [1.807, 2.05) is 6.07 Å². The Morgan fingerprint density at radius 3 is 2.53 bits per heavy atom. The minimum Gasteiger partial charge on any atom is -0.520 e. The van der Waals surface area contributed by atoms with Crippen LogP contribution < -0.4 is 4.43 Å². The summed E-state index contributed by atoms with van der Waals surface area (Å²) in [7, 11) is -2.04. The number of hydrogen-bond acceptors (Lipinski definition) is 2. The van der Waals surface area contributed by atoms with E-state index in [0.29, 0.717) is 0 Å². The van der Waals surface area contributed by atoms with Crippen LogP contribution in [0.25, 0.3) is 0 Å². The van der Waals surface area contributed by atoms with Gasteiger partial charge in [-0.3, -0.25) is 0 Å². The Hall–Kier alpha value is -0.803. The maximum atomic E-state index is 6.07. The summed E-state index contributed by atoms with van der Waals surface area (Å²) in [6.45, 7) is 9.44. The fraction of sp³-hybridized carbons (Fsp3) is 0.625. The fourth-order valence-corrected chi connectivity index (χ4v) is 3.38. The Bertz CT molecular complexity index is 364. The van der Waals surface area contributed by atoms with Crippen LogP contribution in [0.4, 0.5) is 0 Å². The van der Waals surface area contributed by atoms with Gasteiger partial charge in [-0.1, -0.05) is 45.2 Å². The second-order valence-electron chi connectivity index (χ2n) is 5.41. The van der Waals surface area contributed by atoms with Gasteiger partial charge in [-0.25, -0.2) is 0 Å². The third-order valence-corrected chi connectivity index (χ3v) is 4.74. The van der Waals surface area contributed by atoms with Crippen molar-refractivity contribution < 1.29 is 8.85 Å². The van der Waals surface area contributed by atoms with Gasteiger partial charge in [-0.15, -0.1) is 0 Å². The SMILES string of the molecule is CCCCCCO[Si](C)(C)Oc1cccc(CC)c1. The lowest BCUT2D eigenvalue weighted by Gasteiger charge is -2.24. The summed E-state index contributed by atoms with van der Waals surface area (Å²) in [5.41, 5.74) is 1.31. The second kappa shape index (κ2) is 8.38. The van der Waals surface area contributed by atoms with Crippen molar-refractivity contribution in [2.75, 3.05) is 6.61 Å². The highest BCUT2D eigenvalue weighted by atomic mass is 28.4. The van der Waals surface area contributed by atoms with Crippen LogP contribution in [0, 0.1) is 0 Å². The lowest BCUT2D eigenvalue weighted by molar-refractivity contribution is 0.241. The van der Waals surface area contributed by atoms with Crippen LogP contribution in [-0.4, -0.2) is 15.2 Å². The molecule has 1 aromatic rings. The molecule has 0 saturated heterocycles. The lowest BCUT2D eigenvalue weighted by Crippen LogP contribution is -2.38. The molecule has 0 amide bonds. The first-order valence-electron chi connectivity index (χ1n) is 7.49. The normalized spacial score (nSPS) is 11.6. The van der Waals surface area contributed by atoms with E-state index >= 15 is 0 Å². The van der Waals surface area contributed by atoms with Crippen LogP contribution in [0.2, 0.25) is 13.1 Å². The van der Waals surface area contributed by atoms with E-state index in [2.05, 4.69) is 45.1 Å². The Morgan fingerprint density at radius 1 is 1.05 bits per heavy atom. The summed E-state index contributed by atoms with van der Waals surface area (Å²) >= 11 is 0. The number of aryl methyl sites for hydroxylation is 1. The monoisotopic (exact) mass is 280 g/mol. The van der Waals surface area contributed by atoms with E-state index in [-0.39, 0.29) is 0 Å². The van der Waals surface area contributed by atoms with Crippen LogP contribution in [0.5, 0.6) is 5.75 Å². The average molecular weight is 280 g/mol. The predicted molar refractivity (Wildman–Crippen MR) is 84.0 cm³/mol. The van der Waals surface area contributed by atoms with Crippen LogP contribution in [0.1, 0.15) is 45.1 Å². The van der Waals surface area contributed by atoms with Gasteiger partial charge < -0.3 is 8.85 Å². The average Bonchev–Trinajstić information content (AvgIpc) is 2.38. The van der Waals surface area contributed by atoms with Gasteiger partial charge in [0.25, 0.3) is 0 Å². The molecule has 0 radical (unpaired) electrons. The van der Waals surface area contributed by atoms with Crippen molar-refractivity contribution in [2.24, 2.45) is 0 Å². The summed E-state index contributed by atoms with van der Waals surface area (Å²) in [6.07, 6.45) is 6.00. The van der Waals surface area contributed by atoms with Crippen molar-refractivity contribution in [1.29, 1.82) is 0 Å². The molecule has 3 heteroatoms. The minimum absolute atomic E-state index is 0.826. The van der Waals surface area contributed by atoms with Crippen molar-refractivity contribution in [3.63, 3.8) is 0 Å². The van der Waals surface area contributed by atoms with Crippen molar-refractivity contribution in [3.8, 4) is 5.75 Å². The molecule has 0 aliphatic rings.